The molecule has 0 aliphatic carbocycles. The highest BCUT2D eigenvalue weighted by Gasteiger charge is 2.11. The molecule has 3 aromatic carbocycles. The third-order valence-corrected chi connectivity index (χ3v) is 6.50. The van der Waals surface area contributed by atoms with Crippen LogP contribution in [0.2, 0.25) is 0 Å². The maximum atomic E-state index is 13.2. The molecule has 6 nitrogen and oxygen atoms in total. The number of nitrogens with one attached hydrogen (secondary N) is 3. The van der Waals surface area contributed by atoms with E-state index in [2.05, 4.69) is 58.3 Å². The van der Waals surface area contributed by atoms with Crippen molar-refractivity contribution in [3.8, 4) is 5.69 Å². The van der Waals surface area contributed by atoms with Crippen molar-refractivity contribution in [2.45, 2.75) is 27.2 Å². The van der Waals surface area contributed by atoms with Crippen LogP contribution in [0.4, 0.5) is 5.69 Å². The number of fused-ring (bicyclic) bond motifs is 1. The van der Waals surface area contributed by atoms with Crippen LogP contribution < -0.4 is 10.6 Å². The summed E-state index contributed by atoms with van der Waals surface area (Å²) in [5, 5.41) is 7.47. The van der Waals surface area contributed by atoms with Crippen LogP contribution in [0.5, 0.6) is 0 Å². The van der Waals surface area contributed by atoms with E-state index in [1.807, 2.05) is 73.8 Å². The van der Waals surface area contributed by atoms with E-state index >= 15 is 0 Å². The molecular weight excluding hydrogens is 458 g/mol. The van der Waals surface area contributed by atoms with Gasteiger partial charge >= 0.3 is 0 Å². The average Bonchev–Trinajstić information content (AvgIpc) is 3.46. The number of hydrogen-bond acceptors (Lipinski definition) is 2. The molecule has 5 rings (SSSR count). The standard InChI is InChI=1S/C31H31N5O/c1-21-7-6-8-26(19-21)34-31(32-18-17-25-20-33-29-10-5-4-9-28(25)29)35-30(37)24-13-15-27(16-14-24)36-22(2)11-12-23(36)3/h4-16,19-20,33H,17-18H2,1-3H3,(H2,32,34,35,37). The highest BCUT2D eigenvalue weighted by Crippen LogP contribution is 2.19. The Kier molecular flexibility index (Phi) is 6.90. The van der Waals surface area contributed by atoms with Crippen molar-refractivity contribution in [2.24, 2.45) is 4.99 Å². The predicted molar refractivity (Wildman–Crippen MR) is 152 cm³/mol. The number of aliphatic imine (C=N–C) groups is 1. The summed E-state index contributed by atoms with van der Waals surface area (Å²) in [5.41, 5.74) is 8.22. The van der Waals surface area contributed by atoms with Gasteiger partial charge < -0.3 is 14.9 Å². The molecule has 0 saturated heterocycles. The minimum Gasteiger partial charge on any atom is -0.361 e. The molecule has 37 heavy (non-hydrogen) atoms. The van der Waals surface area contributed by atoms with E-state index in [-0.39, 0.29) is 5.91 Å². The summed E-state index contributed by atoms with van der Waals surface area (Å²) >= 11 is 0. The summed E-state index contributed by atoms with van der Waals surface area (Å²) in [6, 6.07) is 28.1. The van der Waals surface area contributed by atoms with Gasteiger partial charge in [-0.15, -0.1) is 0 Å². The Balaban J connectivity index is 1.34. The number of nitrogens with zero attached hydrogens (tertiary/aromatic N) is 2. The molecule has 0 saturated carbocycles. The first kappa shape index (κ1) is 24.1. The molecule has 0 bridgehead atoms. The summed E-state index contributed by atoms with van der Waals surface area (Å²) in [4.78, 5) is 21.2. The number of para-hydroxylation sites is 1. The number of aromatic nitrogens is 2. The number of hydrogen-bond donors (Lipinski definition) is 3. The lowest BCUT2D eigenvalue weighted by atomic mass is 10.1. The Labute approximate surface area is 217 Å². The number of carbonyl (C=O) groups excluding carboxylic acids is 1. The van der Waals surface area contributed by atoms with Gasteiger partial charge in [-0.3, -0.25) is 15.1 Å². The molecule has 0 aliphatic rings. The van der Waals surface area contributed by atoms with Crippen molar-refractivity contribution in [3.05, 3.63) is 119 Å². The fourth-order valence-corrected chi connectivity index (χ4v) is 4.61. The Morgan fingerprint density at radius 1 is 0.892 bits per heavy atom. The second kappa shape index (κ2) is 10.6. The third-order valence-electron chi connectivity index (χ3n) is 6.50. The molecule has 0 atom stereocenters. The molecule has 3 N–H and O–H groups in total. The number of benzene rings is 3. The molecule has 5 aromatic rings. The molecular formula is C31H31N5O. The Hall–Kier alpha value is -4.58. The van der Waals surface area contributed by atoms with Crippen molar-refractivity contribution in [1.82, 2.24) is 14.9 Å². The van der Waals surface area contributed by atoms with Crippen molar-refractivity contribution in [2.75, 3.05) is 11.9 Å². The zero-order valence-electron chi connectivity index (χ0n) is 21.4. The number of rotatable bonds is 6. The van der Waals surface area contributed by atoms with Crippen LogP contribution in [-0.4, -0.2) is 28.0 Å². The first-order valence-electron chi connectivity index (χ1n) is 12.5. The number of H-pyrrole nitrogens is 1. The number of anilines is 1. The first-order chi connectivity index (χ1) is 18.0. The highest BCUT2D eigenvalue weighted by atomic mass is 16.1. The van der Waals surface area contributed by atoms with Crippen LogP contribution in [0.25, 0.3) is 16.6 Å². The largest absolute Gasteiger partial charge is 0.361 e. The van der Waals surface area contributed by atoms with Gasteiger partial charge in [0.1, 0.15) is 0 Å². The predicted octanol–water partition coefficient (Wildman–Crippen LogP) is 6.32. The minimum atomic E-state index is -0.210. The lowest BCUT2D eigenvalue weighted by Crippen LogP contribution is -2.36. The second-order valence-corrected chi connectivity index (χ2v) is 9.29. The highest BCUT2D eigenvalue weighted by molar-refractivity contribution is 6.10. The topological polar surface area (TPSA) is 74.2 Å². The zero-order chi connectivity index (χ0) is 25.8. The van der Waals surface area contributed by atoms with E-state index in [0.29, 0.717) is 18.1 Å². The Morgan fingerprint density at radius 3 is 2.41 bits per heavy atom. The normalized spacial score (nSPS) is 11.6. The van der Waals surface area contributed by atoms with Crippen LogP contribution in [0.3, 0.4) is 0 Å². The van der Waals surface area contributed by atoms with Gasteiger partial charge in [0, 0.05) is 52.0 Å². The fourth-order valence-electron chi connectivity index (χ4n) is 4.61. The van der Waals surface area contributed by atoms with Gasteiger partial charge in [-0.25, -0.2) is 0 Å². The maximum absolute atomic E-state index is 13.2. The van der Waals surface area contributed by atoms with Crippen molar-refractivity contribution < 1.29 is 4.79 Å². The lowest BCUT2D eigenvalue weighted by molar-refractivity contribution is 0.0977. The smallest absolute Gasteiger partial charge is 0.257 e. The quantitative estimate of drug-likeness (QED) is 0.193. The number of amides is 1. The van der Waals surface area contributed by atoms with Crippen molar-refractivity contribution in [1.29, 1.82) is 0 Å². The van der Waals surface area contributed by atoms with E-state index in [0.717, 1.165) is 40.3 Å². The molecule has 2 aromatic heterocycles. The molecule has 0 radical (unpaired) electrons. The van der Waals surface area contributed by atoms with Crippen LogP contribution in [0.1, 0.15) is 32.9 Å². The lowest BCUT2D eigenvalue weighted by Gasteiger charge is -2.13. The van der Waals surface area contributed by atoms with Crippen LogP contribution in [0.15, 0.2) is 96.1 Å². The second-order valence-electron chi connectivity index (χ2n) is 9.29. The third kappa shape index (κ3) is 5.48. The van der Waals surface area contributed by atoms with E-state index in [1.54, 1.807) is 0 Å². The van der Waals surface area contributed by atoms with E-state index < -0.39 is 0 Å². The summed E-state index contributed by atoms with van der Waals surface area (Å²) in [6.07, 6.45) is 2.78. The number of aromatic amines is 1. The minimum absolute atomic E-state index is 0.210. The van der Waals surface area contributed by atoms with Gasteiger partial charge in [-0.2, -0.15) is 0 Å². The number of guanidine groups is 1. The van der Waals surface area contributed by atoms with Gasteiger partial charge in [0.15, 0.2) is 0 Å². The SMILES string of the molecule is Cc1cccc(NC(=NCCc2c[nH]c3ccccc23)NC(=O)c2ccc(-n3c(C)ccc3C)cc2)c1. The van der Waals surface area contributed by atoms with Gasteiger partial charge in [0.25, 0.3) is 5.91 Å². The summed E-state index contributed by atoms with van der Waals surface area (Å²) in [6.45, 7) is 6.71. The average molecular weight is 490 g/mol. The van der Waals surface area contributed by atoms with E-state index in [1.165, 1.54) is 10.9 Å². The summed E-state index contributed by atoms with van der Waals surface area (Å²) in [5.74, 6) is 0.218. The molecule has 0 fully saturated rings. The van der Waals surface area contributed by atoms with Crippen LogP contribution >= 0.6 is 0 Å². The van der Waals surface area contributed by atoms with Gasteiger partial charge in [-0.1, -0.05) is 30.3 Å². The maximum Gasteiger partial charge on any atom is 0.257 e. The monoisotopic (exact) mass is 489 g/mol. The molecule has 186 valence electrons. The van der Waals surface area contributed by atoms with E-state index in [4.69, 9.17) is 4.99 Å². The van der Waals surface area contributed by atoms with Crippen molar-refractivity contribution >= 4 is 28.5 Å². The Morgan fingerprint density at radius 2 is 1.65 bits per heavy atom. The first-order valence-corrected chi connectivity index (χ1v) is 12.5. The number of carbonyl (C=O) groups is 1. The molecule has 0 unspecified atom stereocenters. The molecule has 0 spiro atoms. The van der Waals surface area contributed by atoms with Crippen molar-refractivity contribution in [3.63, 3.8) is 0 Å². The van der Waals surface area contributed by atoms with Crippen LogP contribution in [0, 0.1) is 20.8 Å². The summed E-state index contributed by atoms with van der Waals surface area (Å²) < 4.78 is 2.17. The van der Waals surface area contributed by atoms with Gasteiger partial charge in [-0.05, 0) is 92.9 Å². The molecule has 6 heteroatoms. The van der Waals surface area contributed by atoms with Crippen LogP contribution in [-0.2, 0) is 6.42 Å². The zero-order valence-corrected chi connectivity index (χ0v) is 21.4. The Bertz CT molecular complexity index is 1550. The summed E-state index contributed by atoms with van der Waals surface area (Å²) in [7, 11) is 0. The van der Waals surface area contributed by atoms with E-state index in [9.17, 15) is 4.79 Å². The number of aryl methyl sites for hydroxylation is 3. The fraction of sp³-hybridized carbons (Fsp3) is 0.161. The molecule has 2 heterocycles. The molecule has 1 amide bonds. The van der Waals surface area contributed by atoms with Gasteiger partial charge in [0.2, 0.25) is 5.96 Å². The molecule has 0 aliphatic heterocycles. The van der Waals surface area contributed by atoms with Gasteiger partial charge in [0.05, 0.1) is 0 Å².